The molecule has 0 unspecified atom stereocenters. The molecule has 2 aromatic rings. The molecule has 0 saturated heterocycles. The molecule has 0 N–H and O–H groups in total. The second kappa shape index (κ2) is 4.45. The highest BCUT2D eigenvalue weighted by Crippen LogP contribution is 2.31. The van der Waals surface area contributed by atoms with Crippen molar-refractivity contribution in [3.8, 4) is 11.1 Å². The van der Waals surface area contributed by atoms with Crippen LogP contribution in [-0.2, 0) is 0 Å². The molecule has 0 spiro atoms. The number of nitrogens with zero attached hydrogens (tertiary/aromatic N) is 1. The van der Waals surface area contributed by atoms with Crippen LogP contribution in [0.25, 0.3) is 11.1 Å². The summed E-state index contributed by atoms with van der Waals surface area (Å²) in [6.45, 7) is 2.10. The first-order chi connectivity index (χ1) is 7.18. The van der Waals surface area contributed by atoms with Crippen LogP contribution in [0.3, 0.4) is 0 Å². The Morgan fingerprint density at radius 3 is 2.47 bits per heavy atom. The molecule has 15 heavy (non-hydrogen) atoms. The van der Waals surface area contributed by atoms with E-state index in [2.05, 4.69) is 55.9 Å². The van der Waals surface area contributed by atoms with Crippen LogP contribution >= 0.6 is 31.9 Å². The molecule has 1 aromatic carbocycles. The molecule has 76 valence electrons. The van der Waals surface area contributed by atoms with Crippen LogP contribution in [0.2, 0.25) is 0 Å². The molecule has 0 radical (unpaired) electrons. The molecule has 1 nitrogen and oxygen atoms in total. The van der Waals surface area contributed by atoms with Gasteiger partial charge >= 0.3 is 0 Å². The zero-order valence-corrected chi connectivity index (χ0v) is 11.3. The number of pyridine rings is 1. The number of aromatic nitrogens is 1. The summed E-state index contributed by atoms with van der Waals surface area (Å²) in [5, 5.41) is 0. The number of halogens is 2. The molecule has 0 saturated carbocycles. The molecule has 0 atom stereocenters. The zero-order chi connectivity index (χ0) is 10.8. The maximum atomic E-state index is 4.24. The highest BCUT2D eigenvalue weighted by Gasteiger charge is 2.06. The average molecular weight is 327 g/mol. The van der Waals surface area contributed by atoms with Gasteiger partial charge in [0.1, 0.15) is 4.60 Å². The normalized spacial score (nSPS) is 10.3. The minimum atomic E-state index is 0.840. The molecular formula is C12H9Br2N. The van der Waals surface area contributed by atoms with Crippen molar-refractivity contribution in [1.82, 2.24) is 4.98 Å². The molecule has 0 amide bonds. The van der Waals surface area contributed by atoms with E-state index in [1.165, 1.54) is 11.1 Å². The minimum Gasteiger partial charge on any atom is -0.249 e. The number of rotatable bonds is 1. The lowest BCUT2D eigenvalue weighted by Crippen LogP contribution is -1.86. The van der Waals surface area contributed by atoms with Crippen LogP contribution in [-0.4, -0.2) is 4.98 Å². The van der Waals surface area contributed by atoms with E-state index < -0.39 is 0 Å². The summed E-state index contributed by atoms with van der Waals surface area (Å²) in [4.78, 5) is 4.24. The van der Waals surface area contributed by atoms with Crippen LogP contribution in [0, 0.1) is 6.92 Å². The van der Waals surface area contributed by atoms with Crippen LogP contribution in [0.4, 0.5) is 0 Å². The maximum absolute atomic E-state index is 4.24. The summed E-state index contributed by atoms with van der Waals surface area (Å²) >= 11 is 6.89. The second-order valence-electron chi connectivity index (χ2n) is 3.30. The Bertz CT molecular complexity index is 495. The van der Waals surface area contributed by atoms with Gasteiger partial charge in [0.15, 0.2) is 0 Å². The van der Waals surface area contributed by atoms with Crippen molar-refractivity contribution in [2.24, 2.45) is 0 Å². The predicted octanol–water partition coefficient (Wildman–Crippen LogP) is 4.58. The maximum Gasteiger partial charge on any atom is 0.107 e. The first kappa shape index (κ1) is 10.8. The summed E-state index contributed by atoms with van der Waals surface area (Å²) in [5.74, 6) is 0. The largest absolute Gasteiger partial charge is 0.249 e. The third kappa shape index (κ3) is 2.29. The molecule has 0 aliphatic carbocycles. The van der Waals surface area contributed by atoms with Gasteiger partial charge in [-0.2, -0.15) is 0 Å². The van der Waals surface area contributed by atoms with E-state index in [-0.39, 0.29) is 0 Å². The van der Waals surface area contributed by atoms with Crippen molar-refractivity contribution in [3.05, 3.63) is 51.2 Å². The summed E-state index contributed by atoms with van der Waals surface area (Å²) in [5.41, 5.74) is 3.59. The molecule has 3 heteroatoms. The van der Waals surface area contributed by atoms with Crippen molar-refractivity contribution in [1.29, 1.82) is 0 Å². The Morgan fingerprint density at radius 2 is 1.80 bits per heavy atom. The van der Waals surface area contributed by atoms with E-state index in [0.717, 1.165) is 14.6 Å². The van der Waals surface area contributed by atoms with Gasteiger partial charge in [0.25, 0.3) is 0 Å². The molecule has 2 rings (SSSR count). The van der Waals surface area contributed by atoms with Crippen LogP contribution in [0.5, 0.6) is 0 Å². The Balaban J connectivity index is 2.60. The Hall–Kier alpha value is -0.670. The van der Waals surface area contributed by atoms with Crippen molar-refractivity contribution < 1.29 is 0 Å². The zero-order valence-electron chi connectivity index (χ0n) is 8.17. The van der Waals surface area contributed by atoms with Gasteiger partial charge in [0.05, 0.1) is 0 Å². The monoisotopic (exact) mass is 325 g/mol. The fourth-order valence-corrected chi connectivity index (χ4v) is 2.65. The molecule has 0 aliphatic rings. The van der Waals surface area contributed by atoms with Gasteiger partial charge in [-0.25, -0.2) is 4.98 Å². The van der Waals surface area contributed by atoms with E-state index in [4.69, 9.17) is 0 Å². The number of benzene rings is 1. The predicted molar refractivity (Wildman–Crippen MR) is 69.8 cm³/mol. The lowest BCUT2D eigenvalue weighted by Gasteiger charge is -2.07. The van der Waals surface area contributed by atoms with Gasteiger partial charge in [0.2, 0.25) is 0 Å². The van der Waals surface area contributed by atoms with Crippen molar-refractivity contribution in [2.45, 2.75) is 6.92 Å². The molecule has 0 fully saturated rings. The van der Waals surface area contributed by atoms with Crippen LogP contribution in [0.1, 0.15) is 5.56 Å². The van der Waals surface area contributed by atoms with Gasteiger partial charge in [-0.3, -0.25) is 0 Å². The van der Waals surface area contributed by atoms with Gasteiger partial charge < -0.3 is 0 Å². The van der Waals surface area contributed by atoms with E-state index in [9.17, 15) is 0 Å². The van der Waals surface area contributed by atoms with E-state index >= 15 is 0 Å². The standard InChI is InChI=1S/C12H9Br2N/c1-8-4-2-3-5-9(8)10-7-15-12(14)6-11(10)13/h2-7H,1H3. The fraction of sp³-hybridized carbons (Fsp3) is 0.0833. The van der Waals surface area contributed by atoms with Crippen molar-refractivity contribution in [3.63, 3.8) is 0 Å². The Morgan fingerprint density at radius 1 is 1.07 bits per heavy atom. The Kier molecular flexibility index (Phi) is 3.22. The fourth-order valence-electron chi connectivity index (χ4n) is 1.48. The first-order valence-electron chi connectivity index (χ1n) is 4.55. The van der Waals surface area contributed by atoms with Gasteiger partial charge in [-0.05, 0) is 56.0 Å². The van der Waals surface area contributed by atoms with Gasteiger partial charge in [0, 0.05) is 16.2 Å². The quantitative estimate of drug-likeness (QED) is 0.699. The van der Waals surface area contributed by atoms with Crippen molar-refractivity contribution in [2.75, 3.05) is 0 Å². The topological polar surface area (TPSA) is 12.9 Å². The van der Waals surface area contributed by atoms with Crippen LogP contribution in [0.15, 0.2) is 45.6 Å². The first-order valence-corrected chi connectivity index (χ1v) is 6.14. The second-order valence-corrected chi connectivity index (χ2v) is 4.97. The minimum absolute atomic E-state index is 0.840. The Labute approximate surface area is 106 Å². The third-order valence-corrected chi connectivity index (χ3v) is 3.35. The van der Waals surface area contributed by atoms with E-state index in [0.29, 0.717) is 0 Å². The average Bonchev–Trinajstić information content (AvgIpc) is 2.20. The lowest BCUT2D eigenvalue weighted by atomic mass is 10.0. The summed E-state index contributed by atoms with van der Waals surface area (Å²) in [7, 11) is 0. The number of hydrogen-bond acceptors (Lipinski definition) is 1. The summed E-state index contributed by atoms with van der Waals surface area (Å²) in [6.07, 6.45) is 1.87. The third-order valence-electron chi connectivity index (χ3n) is 2.26. The van der Waals surface area contributed by atoms with Gasteiger partial charge in [-0.15, -0.1) is 0 Å². The highest BCUT2D eigenvalue weighted by molar-refractivity contribution is 9.11. The molecule has 1 heterocycles. The number of aryl methyl sites for hydroxylation is 1. The summed E-state index contributed by atoms with van der Waals surface area (Å²) in [6, 6.07) is 10.2. The smallest absolute Gasteiger partial charge is 0.107 e. The number of hydrogen-bond donors (Lipinski definition) is 0. The highest BCUT2D eigenvalue weighted by atomic mass is 79.9. The summed E-state index contributed by atoms with van der Waals surface area (Å²) < 4.78 is 1.89. The van der Waals surface area contributed by atoms with Gasteiger partial charge in [-0.1, -0.05) is 24.3 Å². The molecule has 0 aliphatic heterocycles. The van der Waals surface area contributed by atoms with E-state index in [1.807, 2.05) is 24.4 Å². The van der Waals surface area contributed by atoms with Crippen molar-refractivity contribution >= 4 is 31.9 Å². The SMILES string of the molecule is Cc1ccccc1-c1cnc(Br)cc1Br. The molecular weight excluding hydrogens is 318 g/mol. The van der Waals surface area contributed by atoms with E-state index in [1.54, 1.807) is 0 Å². The lowest BCUT2D eigenvalue weighted by molar-refractivity contribution is 1.26. The van der Waals surface area contributed by atoms with Crippen LogP contribution < -0.4 is 0 Å². The molecule has 1 aromatic heterocycles. The molecule has 0 bridgehead atoms.